The van der Waals surface area contributed by atoms with Crippen molar-refractivity contribution >= 4 is 5.91 Å². The third kappa shape index (κ3) is 2.32. The van der Waals surface area contributed by atoms with Crippen molar-refractivity contribution in [1.82, 2.24) is 14.9 Å². The lowest BCUT2D eigenvalue weighted by Crippen LogP contribution is -2.37. The van der Waals surface area contributed by atoms with Crippen LogP contribution in [0.15, 0.2) is 12.5 Å². The quantitative estimate of drug-likeness (QED) is 0.709. The molecule has 78 valence electrons. The predicted molar refractivity (Wildman–Crippen MR) is 51.8 cm³/mol. The van der Waals surface area contributed by atoms with E-state index in [4.69, 9.17) is 5.11 Å². The van der Waals surface area contributed by atoms with E-state index in [0.717, 1.165) is 0 Å². The molecule has 1 amide bonds. The normalized spacial score (nSPS) is 12.5. The van der Waals surface area contributed by atoms with Gasteiger partial charge in [0.2, 0.25) is 0 Å². The molecule has 0 aromatic carbocycles. The van der Waals surface area contributed by atoms with Gasteiger partial charge in [-0.15, -0.1) is 0 Å². The zero-order valence-electron chi connectivity index (χ0n) is 8.40. The third-order valence-corrected chi connectivity index (χ3v) is 2.10. The monoisotopic (exact) mass is 197 g/mol. The highest BCUT2D eigenvalue weighted by Gasteiger charge is 2.13. The number of carbonyl (C=O) groups is 1. The summed E-state index contributed by atoms with van der Waals surface area (Å²) in [5.41, 5.74) is 0.497. The van der Waals surface area contributed by atoms with E-state index in [-0.39, 0.29) is 18.6 Å². The van der Waals surface area contributed by atoms with E-state index >= 15 is 0 Å². The van der Waals surface area contributed by atoms with Crippen LogP contribution in [0.2, 0.25) is 0 Å². The number of nitrogens with zero attached hydrogens (tertiary/aromatic N) is 2. The first-order valence-electron chi connectivity index (χ1n) is 4.57. The van der Waals surface area contributed by atoms with Crippen LogP contribution in [0.4, 0.5) is 0 Å². The molecule has 0 spiro atoms. The molecule has 0 aliphatic heterocycles. The summed E-state index contributed by atoms with van der Waals surface area (Å²) in [7, 11) is 1.75. The summed E-state index contributed by atoms with van der Waals surface area (Å²) in [6.45, 7) is 1.87. The number of carbonyl (C=O) groups excluding carboxylic acids is 1. The van der Waals surface area contributed by atoms with Gasteiger partial charge in [-0.2, -0.15) is 0 Å². The first-order valence-corrected chi connectivity index (χ1v) is 4.57. The summed E-state index contributed by atoms with van der Waals surface area (Å²) in [5.74, 6) is -0.203. The topological polar surface area (TPSA) is 67.2 Å². The Bertz CT molecular complexity index is 305. The molecule has 0 unspecified atom stereocenters. The van der Waals surface area contributed by atoms with E-state index in [1.807, 2.05) is 6.92 Å². The minimum Gasteiger partial charge on any atom is -0.394 e. The molecular formula is C9H15N3O2. The van der Waals surface area contributed by atoms with E-state index in [1.165, 1.54) is 6.20 Å². The fourth-order valence-electron chi connectivity index (χ4n) is 1.11. The van der Waals surface area contributed by atoms with E-state index < -0.39 is 0 Å². The first kappa shape index (κ1) is 10.7. The summed E-state index contributed by atoms with van der Waals surface area (Å²) in [6, 6.07) is -0.183. The van der Waals surface area contributed by atoms with Crippen LogP contribution in [-0.4, -0.2) is 33.2 Å². The van der Waals surface area contributed by atoms with Crippen molar-refractivity contribution in [2.24, 2.45) is 7.05 Å². The number of aromatic nitrogens is 2. The molecule has 5 nitrogen and oxygen atoms in total. The first-order chi connectivity index (χ1) is 6.69. The second-order valence-electron chi connectivity index (χ2n) is 3.15. The average Bonchev–Trinajstić information content (AvgIpc) is 2.60. The van der Waals surface area contributed by atoms with Gasteiger partial charge in [0, 0.05) is 7.05 Å². The second kappa shape index (κ2) is 4.76. The van der Waals surface area contributed by atoms with Crippen LogP contribution >= 0.6 is 0 Å². The molecule has 1 rings (SSSR count). The number of aliphatic hydroxyl groups is 1. The van der Waals surface area contributed by atoms with Gasteiger partial charge in [0.15, 0.2) is 0 Å². The van der Waals surface area contributed by atoms with Crippen molar-refractivity contribution in [3.05, 3.63) is 18.2 Å². The minimum absolute atomic E-state index is 0.0416. The van der Waals surface area contributed by atoms with Crippen LogP contribution < -0.4 is 5.32 Å². The lowest BCUT2D eigenvalue weighted by molar-refractivity contribution is 0.0906. The Labute approximate surface area is 82.8 Å². The highest BCUT2D eigenvalue weighted by Crippen LogP contribution is 1.98. The van der Waals surface area contributed by atoms with Gasteiger partial charge in [-0.25, -0.2) is 4.98 Å². The van der Waals surface area contributed by atoms with E-state index in [2.05, 4.69) is 10.3 Å². The van der Waals surface area contributed by atoms with Crippen LogP contribution in [0.25, 0.3) is 0 Å². The molecule has 1 heterocycles. The highest BCUT2D eigenvalue weighted by atomic mass is 16.3. The SMILES string of the molecule is CC[C@H](CO)NC(=O)c1cncn1C. The van der Waals surface area contributed by atoms with Crippen LogP contribution in [0.3, 0.4) is 0 Å². The van der Waals surface area contributed by atoms with Gasteiger partial charge < -0.3 is 15.0 Å². The molecule has 1 aromatic rings. The maximum absolute atomic E-state index is 11.6. The molecule has 1 atom stereocenters. The molecule has 1 aromatic heterocycles. The number of aliphatic hydroxyl groups excluding tert-OH is 1. The molecule has 0 radical (unpaired) electrons. The van der Waals surface area contributed by atoms with Crippen molar-refractivity contribution < 1.29 is 9.90 Å². The molecule has 0 saturated heterocycles. The Morgan fingerprint density at radius 3 is 2.93 bits per heavy atom. The van der Waals surface area contributed by atoms with Gasteiger partial charge in [-0.05, 0) is 6.42 Å². The highest BCUT2D eigenvalue weighted by molar-refractivity contribution is 5.92. The van der Waals surface area contributed by atoms with Crippen LogP contribution in [0.1, 0.15) is 23.8 Å². The number of rotatable bonds is 4. The molecule has 0 bridgehead atoms. The van der Waals surface area contributed by atoms with E-state index in [1.54, 1.807) is 17.9 Å². The van der Waals surface area contributed by atoms with E-state index in [9.17, 15) is 4.79 Å². The lowest BCUT2D eigenvalue weighted by atomic mass is 10.2. The van der Waals surface area contributed by atoms with Crippen molar-refractivity contribution in [3.63, 3.8) is 0 Å². The van der Waals surface area contributed by atoms with Crippen LogP contribution in [0, 0.1) is 0 Å². The molecule has 14 heavy (non-hydrogen) atoms. The Kier molecular flexibility index (Phi) is 3.64. The van der Waals surface area contributed by atoms with Gasteiger partial charge in [0.25, 0.3) is 5.91 Å². The summed E-state index contributed by atoms with van der Waals surface area (Å²) < 4.78 is 1.64. The molecular weight excluding hydrogens is 182 g/mol. The van der Waals surface area contributed by atoms with Crippen molar-refractivity contribution in [2.75, 3.05) is 6.61 Å². The second-order valence-corrected chi connectivity index (χ2v) is 3.15. The van der Waals surface area contributed by atoms with Gasteiger partial charge in [-0.3, -0.25) is 4.79 Å². The van der Waals surface area contributed by atoms with Gasteiger partial charge >= 0.3 is 0 Å². The molecule has 0 aliphatic carbocycles. The van der Waals surface area contributed by atoms with Gasteiger partial charge in [0.1, 0.15) is 5.69 Å². The zero-order chi connectivity index (χ0) is 10.6. The average molecular weight is 197 g/mol. The number of hydrogen-bond donors (Lipinski definition) is 2. The number of imidazole rings is 1. The Morgan fingerprint density at radius 2 is 2.50 bits per heavy atom. The van der Waals surface area contributed by atoms with Gasteiger partial charge in [0.05, 0.1) is 25.2 Å². The largest absolute Gasteiger partial charge is 0.394 e. The molecule has 2 N–H and O–H groups in total. The lowest BCUT2D eigenvalue weighted by Gasteiger charge is -2.13. The number of hydrogen-bond acceptors (Lipinski definition) is 3. The Morgan fingerprint density at radius 1 is 1.79 bits per heavy atom. The fourth-order valence-corrected chi connectivity index (χ4v) is 1.11. The summed E-state index contributed by atoms with van der Waals surface area (Å²) >= 11 is 0. The van der Waals surface area contributed by atoms with Crippen molar-refractivity contribution in [2.45, 2.75) is 19.4 Å². The van der Waals surface area contributed by atoms with Crippen molar-refractivity contribution in [3.8, 4) is 0 Å². The summed E-state index contributed by atoms with van der Waals surface area (Å²) in [6.07, 6.45) is 3.77. The van der Waals surface area contributed by atoms with Crippen molar-refractivity contribution in [1.29, 1.82) is 0 Å². The molecule has 0 aliphatic rings. The summed E-state index contributed by atoms with van der Waals surface area (Å²) in [4.78, 5) is 15.4. The minimum atomic E-state index is -0.203. The molecule has 5 heteroatoms. The Balaban J connectivity index is 2.63. The standard InChI is InChI=1S/C9H15N3O2/c1-3-7(5-13)11-9(14)8-4-10-6-12(8)2/h4,6-7,13H,3,5H2,1-2H3,(H,11,14)/t7-/m1/s1. The smallest absolute Gasteiger partial charge is 0.269 e. The van der Waals surface area contributed by atoms with Crippen LogP contribution in [-0.2, 0) is 7.05 Å². The maximum atomic E-state index is 11.6. The van der Waals surface area contributed by atoms with E-state index in [0.29, 0.717) is 12.1 Å². The molecule has 0 saturated carbocycles. The van der Waals surface area contributed by atoms with Crippen LogP contribution in [0.5, 0.6) is 0 Å². The predicted octanol–water partition coefficient (Wildman–Crippen LogP) is -0.0792. The Hall–Kier alpha value is -1.36. The number of nitrogens with one attached hydrogen (secondary N) is 1. The maximum Gasteiger partial charge on any atom is 0.269 e. The van der Waals surface area contributed by atoms with Gasteiger partial charge in [-0.1, -0.05) is 6.92 Å². The third-order valence-electron chi connectivity index (χ3n) is 2.10. The number of aryl methyl sites for hydroxylation is 1. The zero-order valence-corrected chi connectivity index (χ0v) is 8.40. The number of amides is 1. The fraction of sp³-hybridized carbons (Fsp3) is 0.556. The molecule has 0 fully saturated rings. The summed E-state index contributed by atoms with van der Waals surface area (Å²) in [5, 5.41) is 11.6.